The normalized spacial score (nSPS) is 32.4. The second-order valence-electron chi connectivity index (χ2n) is 5.48. The van der Waals surface area contributed by atoms with Crippen LogP contribution in [-0.2, 0) is 0 Å². The molecule has 1 saturated heterocycles. The van der Waals surface area contributed by atoms with E-state index >= 15 is 0 Å². The average molecular weight is 213 g/mol. The molecule has 0 saturated carbocycles. The van der Waals surface area contributed by atoms with E-state index in [1.807, 2.05) is 0 Å². The molecule has 0 amide bonds. The molecule has 0 aliphatic carbocycles. The molecular formula is C13H27NO. The fourth-order valence-corrected chi connectivity index (χ4v) is 2.58. The Balaban J connectivity index is 2.49. The van der Waals surface area contributed by atoms with Crippen LogP contribution in [-0.4, -0.2) is 34.2 Å². The quantitative estimate of drug-likeness (QED) is 0.686. The summed E-state index contributed by atoms with van der Waals surface area (Å²) in [5.74, 6) is 0.378. The Kier molecular flexibility index (Phi) is 4.60. The van der Waals surface area contributed by atoms with Crippen LogP contribution >= 0.6 is 0 Å². The molecule has 0 aromatic carbocycles. The third kappa shape index (κ3) is 2.94. The Morgan fingerprint density at radius 1 is 1.20 bits per heavy atom. The van der Waals surface area contributed by atoms with Gasteiger partial charge >= 0.3 is 0 Å². The first kappa shape index (κ1) is 13.0. The third-order valence-electron chi connectivity index (χ3n) is 3.51. The van der Waals surface area contributed by atoms with Gasteiger partial charge in [-0.05, 0) is 26.2 Å². The Hall–Kier alpha value is -0.0800. The second kappa shape index (κ2) is 5.31. The molecule has 0 bridgehead atoms. The molecule has 2 nitrogen and oxygen atoms in total. The van der Waals surface area contributed by atoms with Crippen LogP contribution in [0, 0.1) is 5.92 Å². The maximum Gasteiger partial charge on any atom is 0.0733 e. The number of unbranched alkanes of at least 4 members (excludes halogenated alkanes) is 1. The summed E-state index contributed by atoms with van der Waals surface area (Å²) >= 11 is 0. The number of nitrogens with zero attached hydrogens (tertiary/aromatic N) is 1. The van der Waals surface area contributed by atoms with Crippen molar-refractivity contribution < 1.29 is 5.11 Å². The fraction of sp³-hybridized carbons (Fsp3) is 1.00. The van der Waals surface area contributed by atoms with Crippen molar-refractivity contribution in [1.29, 1.82) is 0 Å². The standard InChI is InChI=1S/C13H27NO/c1-6-7-8-11-12(13(15)9(2)3)14(11)10(4)5/h9-13,15H,6-8H2,1-5H3/t11-,12-,13+,14?/m0/s1. The Morgan fingerprint density at radius 2 is 1.80 bits per heavy atom. The Bertz CT molecular complexity index is 191. The molecule has 1 aliphatic rings. The van der Waals surface area contributed by atoms with Gasteiger partial charge in [0.05, 0.1) is 12.1 Å². The van der Waals surface area contributed by atoms with E-state index in [1.54, 1.807) is 0 Å². The summed E-state index contributed by atoms with van der Waals surface area (Å²) in [7, 11) is 0. The van der Waals surface area contributed by atoms with Gasteiger partial charge in [0, 0.05) is 12.1 Å². The molecule has 1 N–H and O–H groups in total. The highest BCUT2D eigenvalue weighted by Crippen LogP contribution is 2.38. The number of aliphatic hydroxyl groups is 1. The number of hydrogen-bond acceptors (Lipinski definition) is 2. The van der Waals surface area contributed by atoms with Crippen LogP contribution in [0.1, 0.15) is 53.9 Å². The second-order valence-corrected chi connectivity index (χ2v) is 5.48. The first-order chi connectivity index (χ1) is 7.00. The molecule has 1 fully saturated rings. The molecule has 15 heavy (non-hydrogen) atoms. The minimum absolute atomic E-state index is 0.144. The van der Waals surface area contributed by atoms with E-state index in [4.69, 9.17) is 0 Å². The molecule has 1 unspecified atom stereocenters. The summed E-state index contributed by atoms with van der Waals surface area (Å²) in [5.41, 5.74) is 0. The maximum atomic E-state index is 10.1. The molecule has 90 valence electrons. The minimum Gasteiger partial charge on any atom is -0.391 e. The maximum absolute atomic E-state index is 10.1. The van der Waals surface area contributed by atoms with E-state index in [0.29, 0.717) is 24.0 Å². The molecule has 1 heterocycles. The lowest BCUT2D eigenvalue weighted by Crippen LogP contribution is -2.27. The van der Waals surface area contributed by atoms with Crippen LogP contribution in [0.5, 0.6) is 0 Å². The lowest BCUT2D eigenvalue weighted by atomic mass is 10.0. The van der Waals surface area contributed by atoms with E-state index in [-0.39, 0.29) is 6.10 Å². The monoisotopic (exact) mass is 213 g/mol. The zero-order valence-electron chi connectivity index (χ0n) is 10.9. The minimum atomic E-state index is -0.144. The van der Waals surface area contributed by atoms with Crippen molar-refractivity contribution >= 4 is 0 Å². The highest BCUT2D eigenvalue weighted by atomic mass is 16.3. The van der Waals surface area contributed by atoms with Crippen molar-refractivity contribution in [2.24, 2.45) is 5.92 Å². The van der Waals surface area contributed by atoms with Crippen molar-refractivity contribution in [3.63, 3.8) is 0 Å². The van der Waals surface area contributed by atoms with E-state index in [0.717, 1.165) is 0 Å². The average Bonchev–Trinajstić information content (AvgIpc) is 2.87. The van der Waals surface area contributed by atoms with Gasteiger partial charge in [-0.25, -0.2) is 0 Å². The van der Waals surface area contributed by atoms with Gasteiger partial charge in [0.1, 0.15) is 0 Å². The summed E-state index contributed by atoms with van der Waals surface area (Å²) in [6.45, 7) is 10.9. The van der Waals surface area contributed by atoms with E-state index in [1.165, 1.54) is 19.3 Å². The predicted molar refractivity (Wildman–Crippen MR) is 64.9 cm³/mol. The molecule has 0 aromatic heterocycles. The van der Waals surface area contributed by atoms with Crippen LogP contribution in [0.3, 0.4) is 0 Å². The Morgan fingerprint density at radius 3 is 2.20 bits per heavy atom. The summed E-state index contributed by atoms with van der Waals surface area (Å²) in [5, 5.41) is 10.1. The zero-order valence-corrected chi connectivity index (χ0v) is 10.9. The summed E-state index contributed by atoms with van der Waals surface area (Å²) in [6.07, 6.45) is 3.65. The highest BCUT2D eigenvalue weighted by Gasteiger charge is 2.52. The van der Waals surface area contributed by atoms with Gasteiger partial charge in [-0.3, -0.25) is 4.90 Å². The van der Waals surface area contributed by atoms with Crippen LogP contribution in [0.4, 0.5) is 0 Å². The van der Waals surface area contributed by atoms with Gasteiger partial charge in [-0.1, -0.05) is 33.6 Å². The molecule has 0 aromatic rings. The summed E-state index contributed by atoms with van der Waals surface area (Å²) < 4.78 is 0. The topological polar surface area (TPSA) is 23.2 Å². The number of aliphatic hydroxyl groups excluding tert-OH is 1. The van der Waals surface area contributed by atoms with E-state index in [2.05, 4.69) is 39.5 Å². The number of rotatable bonds is 6. The zero-order chi connectivity index (χ0) is 11.6. The first-order valence-electron chi connectivity index (χ1n) is 6.46. The van der Waals surface area contributed by atoms with Crippen molar-refractivity contribution in [2.45, 2.75) is 78.1 Å². The van der Waals surface area contributed by atoms with Crippen LogP contribution in [0.2, 0.25) is 0 Å². The lowest BCUT2D eigenvalue weighted by Gasteiger charge is -2.15. The van der Waals surface area contributed by atoms with E-state index in [9.17, 15) is 5.11 Å². The van der Waals surface area contributed by atoms with Gasteiger partial charge in [0.2, 0.25) is 0 Å². The Labute approximate surface area is 94.7 Å². The molecule has 0 radical (unpaired) electrons. The molecule has 0 spiro atoms. The molecule has 1 rings (SSSR count). The van der Waals surface area contributed by atoms with Gasteiger partial charge in [-0.2, -0.15) is 0 Å². The van der Waals surface area contributed by atoms with Crippen molar-refractivity contribution in [1.82, 2.24) is 4.90 Å². The van der Waals surface area contributed by atoms with Crippen LogP contribution < -0.4 is 0 Å². The van der Waals surface area contributed by atoms with Crippen LogP contribution in [0.25, 0.3) is 0 Å². The van der Waals surface area contributed by atoms with Crippen LogP contribution in [0.15, 0.2) is 0 Å². The lowest BCUT2D eigenvalue weighted by molar-refractivity contribution is 0.105. The molecule has 4 atom stereocenters. The van der Waals surface area contributed by atoms with Gasteiger partial charge < -0.3 is 5.11 Å². The van der Waals surface area contributed by atoms with Gasteiger partial charge in [-0.15, -0.1) is 0 Å². The van der Waals surface area contributed by atoms with Gasteiger partial charge in [0.15, 0.2) is 0 Å². The van der Waals surface area contributed by atoms with Crippen molar-refractivity contribution in [3.05, 3.63) is 0 Å². The first-order valence-corrected chi connectivity index (χ1v) is 6.46. The summed E-state index contributed by atoms with van der Waals surface area (Å²) in [4.78, 5) is 2.47. The fourth-order valence-electron chi connectivity index (χ4n) is 2.58. The molecule has 2 heteroatoms. The van der Waals surface area contributed by atoms with Crippen molar-refractivity contribution in [3.8, 4) is 0 Å². The smallest absolute Gasteiger partial charge is 0.0733 e. The number of hydrogen-bond donors (Lipinski definition) is 1. The summed E-state index contributed by atoms with van der Waals surface area (Å²) in [6, 6.07) is 1.64. The van der Waals surface area contributed by atoms with Gasteiger partial charge in [0.25, 0.3) is 0 Å². The van der Waals surface area contributed by atoms with Crippen molar-refractivity contribution in [2.75, 3.05) is 0 Å². The largest absolute Gasteiger partial charge is 0.391 e. The SMILES string of the molecule is CCCC[C@H]1[C@@H]([C@H](O)C(C)C)N1C(C)C. The predicted octanol–water partition coefficient (Wildman–Crippen LogP) is 2.65. The third-order valence-corrected chi connectivity index (χ3v) is 3.51. The highest BCUT2D eigenvalue weighted by molar-refractivity contribution is 5.07. The van der Waals surface area contributed by atoms with E-state index < -0.39 is 0 Å². The molecule has 1 aliphatic heterocycles. The molecular weight excluding hydrogens is 186 g/mol.